The molecule has 1 aromatic carbocycles. The van der Waals surface area contributed by atoms with E-state index in [0.717, 1.165) is 11.3 Å². The van der Waals surface area contributed by atoms with Crippen LogP contribution in [0.5, 0.6) is 0 Å². The standard InChI is InChI=1S/C16H16N6/c1-22(14-7-3-2-4-8-14)16-20-15(12-19-21-16)18-11-13-6-5-9-17-10-13/h2-10,12H,11H2,1H3,(H,18,20,21). The molecule has 0 unspecified atom stereocenters. The van der Waals surface area contributed by atoms with Crippen molar-refractivity contribution in [3.63, 3.8) is 0 Å². The number of rotatable bonds is 5. The SMILES string of the molecule is CN(c1ccccc1)c1nncc(NCc2cccnc2)n1. The van der Waals surface area contributed by atoms with Crippen LogP contribution in [0.4, 0.5) is 17.5 Å². The second-order valence-corrected chi connectivity index (χ2v) is 4.75. The van der Waals surface area contributed by atoms with Crippen molar-refractivity contribution < 1.29 is 0 Å². The Hall–Kier alpha value is -3.02. The van der Waals surface area contributed by atoms with Crippen LogP contribution >= 0.6 is 0 Å². The molecule has 0 aliphatic rings. The van der Waals surface area contributed by atoms with Gasteiger partial charge in [0.2, 0.25) is 0 Å². The number of pyridine rings is 1. The van der Waals surface area contributed by atoms with Crippen molar-refractivity contribution in [1.29, 1.82) is 0 Å². The van der Waals surface area contributed by atoms with Crippen molar-refractivity contribution in [3.8, 4) is 0 Å². The molecule has 0 bridgehead atoms. The summed E-state index contributed by atoms with van der Waals surface area (Å²) in [6.07, 6.45) is 5.18. The van der Waals surface area contributed by atoms with Crippen molar-refractivity contribution in [2.75, 3.05) is 17.3 Å². The van der Waals surface area contributed by atoms with E-state index >= 15 is 0 Å². The second kappa shape index (κ2) is 6.62. The molecule has 0 atom stereocenters. The topological polar surface area (TPSA) is 66.8 Å². The minimum atomic E-state index is 0.544. The normalized spacial score (nSPS) is 10.2. The van der Waals surface area contributed by atoms with Gasteiger partial charge in [-0.3, -0.25) is 4.98 Å². The second-order valence-electron chi connectivity index (χ2n) is 4.75. The van der Waals surface area contributed by atoms with Crippen LogP contribution in [0.25, 0.3) is 0 Å². The molecule has 0 aliphatic heterocycles. The summed E-state index contributed by atoms with van der Waals surface area (Å²) >= 11 is 0. The summed E-state index contributed by atoms with van der Waals surface area (Å²) in [7, 11) is 1.91. The van der Waals surface area contributed by atoms with E-state index in [4.69, 9.17) is 0 Å². The molecule has 0 amide bonds. The Labute approximate surface area is 128 Å². The predicted octanol–water partition coefficient (Wildman–Crippen LogP) is 2.65. The van der Waals surface area contributed by atoms with Gasteiger partial charge in [-0.25, -0.2) is 0 Å². The molecule has 0 saturated heterocycles. The van der Waals surface area contributed by atoms with E-state index in [9.17, 15) is 0 Å². The summed E-state index contributed by atoms with van der Waals surface area (Å²) in [6, 6.07) is 13.8. The Bertz CT molecular complexity index is 717. The maximum absolute atomic E-state index is 4.48. The van der Waals surface area contributed by atoms with Gasteiger partial charge in [-0.05, 0) is 23.8 Å². The zero-order chi connectivity index (χ0) is 15.2. The van der Waals surface area contributed by atoms with Gasteiger partial charge in [-0.15, -0.1) is 5.10 Å². The number of hydrogen-bond acceptors (Lipinski definition) is 6. The minimum absolute atomic E-state index is 0.544. The number of benzene rings is 1. The van der Waals surface area contributed by atoms with E-state index in [-0.39, 0.29) is 0 Å². The monoisotopic (exact) mass is 292 g/mol. The Balaban J connectivity index is 1.72. The molecule has 110 valence electrons. The molecule has 0 fully saturated rings. The van der Waals surface area contributed by atoms with Gasteiger partial charge >= 0.3 is 0 Å². The molecule has 3 aromatic rings. The Morgan fingerprint density at radius 2 is 1.91 bits per heavy atom. The molecule has 0 spiro atoms. The van der Waals surface area contributed by atoms with Gasteiger partial charge in [0.1, 0.15) is 0 Å². The molecular formula is C16H16N6. The van der Waals surface area contributed by atoms with Gasteiger partial charge in [0.05, 0.1) is 6.20 Å². The summed E-state index contributed by atoms with van der Waals surface area (Å²) < 4.78 is 0. The average molecular weight is 292 g/mol. The van der Waals surface area contributed by atoms with Crippen LogP contribution in [-0.2, 0) is 6.54 Å². The Morgan fingerprint density at radius 3 is 2.68 bits per heavy atom. The highest BCUT2D eigenvalue weighted by molar-refractivity contribution is 5.56. The first-order chi connectivity index (χ1) is 10.8. The smallest absolute Gasteiger partial charge is 0.251 e. The number of para-hydroxylation sites is 1. The largest absolute Gasteiger partial charge is 0.364 e. The number of nitrogens with zero attached hydrogens (tertiary/aromatic N) is 5. The molecular weight excluding hydrogens is 276 g/mol. The summed E-state index contributed by atoms with van der Waals surface area (Å²) in [6.45, 7) is 0.640. The fourth-order valence-corrected chi connectivity index (χ4v) is 1.98. The molecule has 6 nitrogen and oxygen atoms in total. The first-order valence-electron chi connectivity index (χ1n) is 6.94. The molecule has 2 aromatic heterocycles. The molecule has 0 saturated carbocycles. The quantitative estimate of drug-likeness (QED) is 0.780. The van der Waals surface area contributed by atoms with E-state index < -0.39 is 0 Å². The van der Waals surface area contributed by atoms with Gasteiger partial charge in [0.25, 0.3) is 5.95 Å². The number of nitrogens with one attached hydrogen (secondary N) is 1. The van der Waals surface area contributed by atoms with Crippen LogP contribution in [0, 0.1) is 0 Å². The lowest BCUT2D eigenvalue weighted by Crippen LogP contribution is -2.15. The van der Waals surface area contributed by atoms with E-state index in [1.54, 1.807) is 12.4 Å². The molecule has 0 radical (unpaired) electrons. The number of hydrogen-bond donors (Lipinski definition) is 1. The molecule has 2 heterocycles. The van der Waals surface area contributed by atoms with E-state index in [1.807, 2.05) is 60.6 Å². The predicted molar refractivity (Wildman–Crippen MR) is 85.9 cm³/mol. The number of anilines is 3. The molecule has 6 heteroatoms. The van der Waals surface area contributed by atoms with Gasteiger partial charge in [0.15, 0.2) is 5.82 Å². The fraction of sp³-hybridized carbons (Fsp3) is 0.125. The van der Waals surface area contributed by atoms with E-state index in [1.165, 1.54) is 0 Å². The minimum Gasteiger partial charge on any atom is -0.364 e. The van der Waals surface area contributed by atoms with Crippen molar-refractivity contribution in [1.82, 2.24) is 20.2 Å². The third kappa shape index (κ3) is 3.35. The molecule has 3 rings (SSSR count). The highest BCUT2D eigenvalue weighted by atomic mass is 15.3. The lowest BCUT2D eigenvalue weighted by molar-refractivity contribution is 0.921. The van der Waals surface area contributed by atoms with Crippen LogP contribution in [0.2, 0.25) is 0 Å². The van der Waals surface area contributed by atoms with E-state index in [0.29, 0.717) is 18.3 Å². The van der Waals surface area contributed by atoms with Crippen molar-refractivity contribution >= 4 is 17.5 Å². The highest BCUT2D eigenvalue weighted by Crippen LogP contribution is 2.19. The van der Waals surface area contributed by atoms with Crippen LogP contribution < -0.4 is 10.2 Å². The van der Waals surface area contributed by atoms with Gasteiger partial charge in [-0.2, -0.15) is 10.1 Å². The van der Waals surface area contributed by atoms with Crippen LogP contribution in [0.3, 0.4) is 0 Å². The van der Waals surface area contributed by atoms with Crippen molar-refractivity contribution in [2.24, 2.45) is 0 Å². The first-order valence-corrected chi connectivity index (χ1v) is 6.94. The zero-order valence-electron chi connectivity index (χ0n) is 12.2. The van der Waals surface area contributed by atoms with Gasteiger partial charge in [-0.1, -0.05) is 24.3 Å². The highest BCUT2D eigenvalue weighted by Gasteiger charge is 2.08. The maximum atomic E-state index is 4.48. The first kappa shape index (κ1) is 13.9. The lowest BCUT2D eigenvalue weighted by atomic mass is 10.3. The third-order valence-corrected chi connectivity index (χ3v) is 3.19. The molecule has 1 N–H and O–H groups in total. The van der Waals surface area contributed by atoms with E-state index in [2.05, 4.69) is 25.5 Å². The fourth-order valence-electron chi connectivity index (χ4n) is 1.98. The lowest BCUT2D eigenvalue weighted by Gasteiger charge is -2.16. The third-order valence-electron chi connectivity index (χ3n) is 3.19. The van der Waals surface area contributed by atoms with Crippen LogP contribution in [-0.4, -0.2) is 27.2 Å². The summed E-state index contributed by atoms with van der Waals surface area (Å²) in [4.78, 5) is 10.5. The van der Waals surface area contributed by atoms with Crippen LogP contribution in [0.15, 0.2) is 61.1 Å². The molecule has 22 heavy (non-hydrogen) atoms. The van der Waals surface area contributed by atoms with Crippen molar-refractivity contribution in [3.05, 3.63) is 66.6 Å². The van der Waals surface area contributed by atoms with Crippen molar-refractivity contribution in [2.45, 2.75) is 6.54 Å². The Kier molecular flexibility index (Phi) is 4.20. The average Bonchev–Trinajstić information content (AvgIpc) is 2.61. The maximum Gasteiger partial charge on any atom is 0.251 e. The molecule has 0 aliphatic carbocycles. The summed E-state index contributed by atoms with van der Waals surface area (Å²) in [5.41, 5.74) is 2.09. The van der Waals surface area contributed by atoms with Gasteiger partial charge < -0.3 is 10.2 Å². The zero-order valence-corrected chi connectivity index (χ0v) is 12.2. The van der Waals surface area contributed by atoms with Crippen LogP contribution in [0.1, 0.15) is 5.56 Å². The summed E-state index contributed by atoms with van der Waals surface area (Å²) in [5.74, 6) is 1.22. The summed E-state index contributed by atoms with van der Waals surface area (Å²) in [5, 5.41) is 11.3. The Morgan fingerprint density at radius 1 is 1.05 bits per heavy atom. The number of aromatic nitrogens is 4. The van der Waals surface area contributed by atoms with Gasteiger partial charge in [0, 0.05) is 31.7 Å².